The number of hydrogen-bond donors (Lipinski definition) is 0. The third-order valence-corrected chi connectivity index (χ3v) is 8.13. The van der Waals surface area contributed by atoms with Gasteiger partial charge in [-0.15, -0.1) is 0 Å². The van der Waals surface area contributed by atoms with Crippen LogP contribution in [0.4, 0.5) is 0 Å². The van der Waals surface area contributed by atoms with Crippen molar-refractivity contribution in [3.05, 3.63) is 89.4 Å². The average Bonchev–Trinajstić information content (AvgIpc) is 3.52. The highest BCUT2D eigenvalue weighted by atomic mass is 79.9. The number of imidazole rings is 2. The Morgan fingerprint density at radius 2 is 1.15 bits per heavy atom. The molecule has 0 saturated heterocycles. The standard InChI is InChI=1S/C35H36BrN5/c1-23(2)17-19-40-32-15-13-26(25-9-6-5-7-10-25)21-30(32)38-34(40)28-11-8-12-29(37-28)35-39-31-22-27(36)14-16-33(31)41(35)20-18-24(3)4/h5-16,21-24H,17-20H2,1-4H3. The fourth-order valence-corrected chi connectivity index (χ4v) is 5.69. The van der Waals surface area contributed by atoms with Crippen molar-refractivity contribution >= 4 is 38.0 Å². The van der Waals surface area contributed by atoms with Crippen LogP contribution in [-0.2, 0) is 13.1 Å². The van der Waals surface area contributed by atoms with Crippen LogP contribution in [0.5, 0.6) is 0 Å². The van der Waals surface area contributed by atoms with Crippen molar-refractivity contribution in [2.75, 3.05) is 0 Å². The predicted molar refractivity (Wildman–Crippen MR) is 174 cm³/mol. The molecule has 6 rings (SSSR count). The van der Waals surface area contributed by atoms with Gasteiger partial charge in [0.05, 0.1) is 22.1 Å². The van der Waals surface area contributed by atoms with E-state index in [0.29, 0.717) is 11.8 Å². The Bertz CT molecular complexity index is 1810. The largest absolute Gasteiger partial charge is 0.323 e. The Morgan fingerprint density at radius 1 is 0.585 bits per heavy atom. The monoisotopic (exact) mass is 605 g/mol. The van der Waals surface area contributed by atoms with Crippen LogP contribution in [-0.4, -0.2) is 24.1 Å². The average molecular weight is 607 g/mol. The smallest absolute Gasteiger partial charge is 0.159 e. The third-order valence-electron chi connectivity index (χ3n) is 7.63. The van der Waals surface area contributed by atoms with Crippen LogP contribution in [0.3, 0.4) is 0 Å². The number of hydrogen-bond acceptors (Lipinski definition) is 3. The highest BCUT2D eigenvalue weighted by molar-refractivity contribution is 9.10. The fourth-order valence-electron chi connectivity index (χ4n) is 5.35. The van der Waals surface area contributed by atoms with Crippen LogP contribution in [0, 0.1) is 11.8 Å². The minimum absolute atomic E-state index is 0.586. The first-order chi connectivity index (χ1) is 19.9. The molecule has 0 N–H and O–H groups in total. The lowest BCUT2D eigenvalue weighted by molar-refractivity contribution is 0.524. The molecule has 41 heavy (non-hydrogen) atoms. The van der Waals surface area contributed by atoms with Crippen molar-refractivity contribution in [3.63, 3.8) is 0 Å². The van der Waals surface area contributed by atoms with Gasteiger partial charge in [-0.2, -0.15) is 0 Å². The zero-order valence-electron chi connectivity index (χ0n) is 24.2. The van der Waals surface area contributed by atoms with Crippen molar-refractivity contribution in [1.82, 2.24) is 24.1 Å². The van der Waals surface area contributed by atoms with Crippen molar-refractivity contribution in [2.45, 2.75) is 53.6 Å². The SMILES string of the molecule is CC(C)CCn1c(-c2cccc(-c3nc4cc(-c5ccccc5)ccc4n3CCC(C)C)n2)nc2cc(Br)ccc21. The third kappa shape index (κ3) is 5.71. The molecule has 0 aliphatic rings. The Balaban J connectivity index is 1.47. The normalized spacial score (nSPS) is 11.9. The van der Waals surface area contributed by atoms with Gasteiger partial charge in [-0.25, -0.2) is 15.0 Å². The van der Waals surface area contributed by atoms with Gasteiger partial charge in [-0.05, 0) is 78.3 Å². The van der Waals surface area contributed by atoms with Gasteiger partial charge in [0, 0.05) is 17.6 Å². The minimum atomic E-state index is 0.586. The number of halogens is 1. The van der Waals surface area contributed by atoms with Gasteiger partial charge in [-0.1, -0.05) is 86.1 Å². The van der Waals surface area contributed by atoms with E-state index in [1.54, 1.807) is 0 Å². The molecule has 0 atom stereocenters. The molecule has 0 unspecified atom stereocenters. The summed E-state index contributed by atoms with van der Waals surface area (Å²) in [6.07, 6.45) is 2.14. The van der Waals surface area contributed by atoms with Crippen molar-refractivity contribution < 1.29 is 0 Å². The maximum Gasteiger partial charge on any atom is 0.159 e. The van der Waals surface area contributed by atoms with Crippen LogP contribution in [0.25, 0.3) is 56.2 Å². The first kappa shape index (κ1) is 27.4. The number of nitrogens with zero attached hydrogens (tertiary/aromatic N) is 5. The summed E-state index contributed by atoms with van der Waals surface area (Å²) in [7, 11) is 0. The molecule has 5 nitrogen and oxygen atoms in total. The van der Waals surface area contributed by atoms with Gasteiger partial charge in [0.2, 0.25) is 0 Å². The summed E-state index contributed by atoms with van der Waals surface area (Å²) in [6.45, 7) is 10.8. The lowest BCUT2D eigenvalue weighted by Crippen LogP contribution is -2.06. The van der Waals surface area contributed by atoms with E-state index in [2.05, 4.69) is 138 Å². The van der Waals surface area contributed by atoms with Crippen LogP contribution >= 0.6 is 15.9 Å². The molecule has 3 heterocycles. The Labute approximate surface area is 250 Å². The van der Waals surface area contributed by atoms with Crippen LogP contribution in [0.15, 0.2) is 89.4 Å². The predicted octanol–water partition coefficient (Wildman–Crippen LogP) is 9.64. The second-order valence-corrected chi connectivity index (χ2v) is 12.6. The first-order valence-corrected chi connectivity index (χ1v) is 15.4. The minimum Gasteiger partial charge on any atom is -0.323 e. The quantitative estimate of drug-likeness (QED) is 0.165. The summed E-state index contributed by atoms with van der Waals surface area (Å²) in [6, 6.07) is 29.7. The Morgan fingerprint density at radius 3 is 1.73 bits per heavy atom. The molecule has 0 spiro atoms. The number of aromatic nitrogens is 5. The molecule has 3 aromatic carbocycles. The molecule has 6 aromatic rings. The van der Waals surface area contributed by atoms with E-state index >= 15 is 0 Å². The second-order valence-electron chi connectivity index (χ2n) is 11.6. The molecule has 0 amide bonds. The summed E-state index contributed by atoms with van der Waals surface area (Å²) < 4.78 is 5.69. The molecule has 3 aromatic heterocycles. The first-order valence-electron chi connectivity index (χ1n) is 14.6. The Kier molecular flexibility index (Phi) is 7.76. The number of rotatable bonds is 9. The Hall–Kier alpha value is -3.77. The maximum absolute atomic E-state index is 5.20. The van der Waals surface area contributed by atoms with E-state index in [9.17, 15) is 0 Å². The zero-order chi connectivity index (χ0) is 28.5. The number of pyridine rings is 1. The summed E-state index contributed by atoms with van der Waals surface area (Å²) in [5.74, 6) is 2.98. The molecular weight excluding hydrogens is 570 g/mol. The van der Waals surface area contributed by atoms with E-state index in [1.165, 1.54) is 11.1 Å². The maximum atomic E-state index is 5.20. The lowest BCUT2D eigenvalue weighted by Gasteiger charge is -2.13. The van der Waals surface area contributed by atoms with Gasteiger partial charge in [-0.3, -0.25) is 0 Å². The van der Waals surface area contributed by atoms with E-state index in [0.717, 1.165) is 75.5 Å². The summed E-state index contributed by atoms with van der Waals surface area (Å²) >= 11 is 3.62. The van der Waals surface area contributed by atoms with Gasteiger partial charge in [0.15, 0.2) is 11.6 Å². The van der Waals surface area contributed by atoms with E-state index in [1.807, 2.05) is 0 Å². The fraction of sp³-hybridized carbons (Fsp3) is 0.286. The van der Waals surface area contributed by atoms with Crippen LogP contribution in [0.1, 0.15) is 40.5 Å². The number of aryl methyl sites for hydroxylation is 2. The molecule has 0 aliphatic heterocycles. The summed E-state index contributed by atoms with van der Waals surface area (Å²) in [5.41, 5.74) is 8.34. The second kappa shape index (κ2) is 11.6. The van der Waals surface area contributed by atoms with Gasteiger partial charge >= 0.3 is 0 Å². The van der Waals surface area contributed by atoms with Gasteiger partial charge in [0.25, 0.3) is 0 Å². The number of fused-ring (bicyclic) bond motifs is 2. The molecular formula is C35H36BrN5. The highest BCUT2D eigenvalue weighted by Crippen LogP contribution is 2.31. The number of benzene rings is 3. The molecule has 0 radical (unpaired) electrons. The lowest BCUT2D eigenvalue weighted by atomic mass is 10.1. The van der Waals surface area contributed by atoms with E-state index in [-0.39, 0.29) is 0 Å². The topological polar surface area (TPSA) is 48.5 Å². The highest BCUT2D eigenvalue weighted by Gasteiger charge is 2.19. The molecule has 208 valence electrons. The molecule has 0 bridgehead atoms. The molecule has 0 saturated carbocycles. The molecule has 0 fully saturated rings. The van der Waals surface area contributed by atoms with Gasteiger partial charge < -0.3 is 9.13 Å². The summed E-state index contributed by atoms with van der Waals surface area (Å²) in [4.78, 5) is 15.5. The summed E-state index contributed by atoms with van der Waals surface area (Å²) in [5, 5.41) is 0. The zero-order valence-corrected chi connectivity index (χ0v) is 25.8. The van der Waals surface area contributed by atoms with Crippen LogP contribution in [0.2, 0.25) is 0 Å². The van der Waals surface area contributed by atoms with E-state index < -0.39 is 0 Å². The van der Waals surface area contributed by atoms with Crippen molar-refractivity contribution in [3.8, 4) is 34.2 Å². The molecule has 0 aliphatic carbocycles. The van der Waals surface area contributed by atoms with Crippen molar-refractivity contribution in [2.24, 2.45) is 11.8 Å². The van der Waals surface area contributed by atoms with Crippen molar-refractivity contribution in [1.29, 1.82) is 0 Å². The molecule has 6 heteroatoms. The van der Waals surface area contributed by atoms with Crippen LogP contribution < -0.4 is 0 Å². The van der Waals surface area contributed by atoms with Gasteiger partial charge in [0.1, 0.15) is 11.4 Å². The van der Waals surface area contributed by atoms with E-state index in [4.69, 9.17) is 15.0 Å².